The smallest absolute Gasteiger partial charge is 0.243 e. The lowest BCUT2D eigenvalue weighted by Crippen LogP contribution is -2.35. The number of amides is 1. The van der Waals surface area contributed by atoms with E-state index in [0.29, 0.717) is 24.5 Å². The Balaban J connectivity index is 1.31. The standard InChI is InChI=1S/C24H36N4O3S/c29-24(25-12-8-15-26-13-4-1-2-5-14-26)20-27-18-11-21-19-22(9-10-23(21)27)32(30,31)28-16-6-3-7-17-28/h9-11,18-19H,1-8,12-17,20H2,(H,25,29). The molecule has 32 heavy (non-hydrogen) atoms. The molecule has 2 fully saturated rings. The minimum absolute atomic E-state index is 0.0108. The van der Waals surface area contributed by atoms with Gasteiger partial charge in [0.1, 0.15) is 6.54 Å². The first kappa shape index (κ1) is 23.3. The number of carbonyl (C=O) groups excluding carboxylic acids is 1. The lowest BCUT2D eigenvalue weighted by atomic mass is 10.2. The number of aromatic nitrogens is 1. The van der Waals surface area contributed by atoms with Gasteiger partial charge in [-0.2, -0.15) is 4.31 Å². The summed E-state index contributed by atoms with van der Waals surface area (Å²) < 4.78 is 29.4. The van der Waals surface area contributed by atoms with Gasteiger partial charge in [0.05, 0.1) is 4.90 Å². The number of carbonyl (C=O) groups is 1. The highest BCUT2D eigenvalue weighted by molar-refractivity contribution is 7.89. The van der Waals surface area contributed by atoms with Gasteiger partial charge in [-0.3, -0.25) is 4.79 Å². The topological polar surface area (TPSA) is 74.6 Å². The summed E-state index contributed by atoms with van der Waals surface area (Å²) in [5.41, 5.74) is 0.877. The molecule has 4 rings (SSSR count). The molecule has 2 aromatic rings. The Labute approximate surface area is 191 Å². The van der Waals surface area contributed by atoms with Crippen molar-refractivity contribution in [2.24, 2.45) is 0 Å². The fourth-order valence-corrected chi connectivity index (χ4v) is 6.38. The van der Waals surface area contributed by atoms with E-state index in [0.717, 1.165) is 43.1 Å². The molecule has 2 aliphatic rings. The van der Waals surface area contributed by atoms with Crippen LogP contribution in [-0.4, -0.2) is 67.4 Å². The number of fused-ring (bicyclic) bond motifs is 1. The molecule has 1 N–H and O–H groups in total. The molecule has 1 aromatic heterocycles. The number of nitrogens with zero attached hydrogens (tertiary/aromatic N) is 3. The minimum atomic E-state index is -3.45. The van der Waals surface area contributed by atoms with E-state index in [4.69, 9.17) is 0 Å². The van der Waals surface area contributed by atoms with Crippen LogP contribution in [0.3, 0.4) is 0 Å². The summed E-state index contributed by atoms with van der Waals surface area (Å²) in [4.78, 5) is 15.3. The van der Waals surface area contributed by atoms with Crippen molar-refractivity contribution in [1.82, 2.24) is 19.1 Å². The van der Waals surface area contributed by atoms with E-state index in [9.17, 15) is 13.2 Å². The normalized spacial score (nSPS) is 19.1. The van der Waals surface area contributed by atoms with E-state index >= 15 is 0 Å². The average Bonchev–Trinajstić information content (AvgIpc) is 3.02. The molecular weight excluding hydrogens is 424 g/mol. The number of hydrogen-bond acceptors (Lipinski definition) is 4. The maximum absolute atomic E-state index is 12.9. The molecule has 0 radical (unpaired) electrons. The summed E-state index contributed by atoms with van der Waals surface area (Å²) in [6.45, 7) is 5.52. The number of sulfonamides is 1. The Morgan fingerprint density at radius 1 is 0.906 bits per heavy atom. The molecule has 1 amide bonds. The van der Waals surface area contributed by atoms with Crippen LogP contribution in [0.15, 0.2) is 35.4 Å². The van der Waals surface area contributed by atoms with Crippen LogP contribution in [0.25, 0.3) is 10.9 Å². The Morgan fingerprint density at radius 3 is 2.34 bits per heavy atom. The highest BCUT2D eigenvalue weighted by Crippen LogP contribution is 2.25. The largest absolute Gasteiger partial charge is 0.355 e. The molecule has 0 spiro atoms. The fraction of sp³-hybridized carbons (Fsp3) is 0.625. The lowest BCUT2D eigenvalue weighted by molar-refractivity contribution is -0.121. The van der Waals surface area contributed by atoms with E-state index in [-0.39, 0.29) is 12.5 Å². The monoisotopic (exact) mass is 460 g/mol. The number of rotatable bonds is 8. The van der Waals surface area contributed by atoms with Gasteiger partial charge in [-0.25, -0.2) is 8.42 Å². The fourth-order valence-electron chi connectivity index (χ4n) is 4.83. The summed E-state index contributed by atoms with van der Waals surface area (Å²) >= 11 is 0. The van der Waals surface area contributed by atoms with Gasteiger partial charge in [-0.05, 0) is 76.0 Å². The van der Waals surface area contributed by atoms with Crippen molar-refractivity contribution in [2.75, 3.05) is 39.3 Å². The van der Waals surface area contributed by atoms with E-state index in [1.165, 1.54) is 38.8 Å². The van der Waals surface area contributed by atoms with Gasteiger partial charge >= 0.3 is 0 Å². The summed E-state index contributed by atoms with van der Waals surface area (Å²) in [6, 6.07) is 7.10. The third-order valence-electron chi connectivity index (χ3n) is 6.68. The molecule has 8 heteroatoms. The van der Waals surface area contributed by atoms with Crippen molar-refractivity contribution in [1.29, 1.82) is 0 Å². The Morgan fingerprint density at radius 2 is 1.59 bits per heavy atom. The van der Waals surface area contributed by atoms with Crippen LogP contribution < -0.4 is 5.32 Å². The van der Waals surface area contributed by atoms with Crippen molar-refractivity contribution in [2.45, 2.75) is 62.8 Å². The summed E-state index contributed by atoms with van der Waals surface area (Å²) in [7, 11) is -3.45. The second kappa shape index (κ2) is 10.8. The quantitative estimate of drug-likeness (QED) is 0.614. The summed E-state index contributed by atoms with van der Waals surface area (Å²) in [6.07, 6.45) is 11.0. The Bertz CT molecular complexity index is 1000. The first-order valence-corrected chi connectivity index (χ1v) is 13.6. The van der Waals surface area contributed by atoms with E-state index in [1.807, 2.05) is 22.9 Å². The summed E-state index contributed by atoms with van der Waals surface area (Å²) in [5.74, 6) is -0.0108. The van der Waals surface area contributed by atoms with E-state index in [1.54, 1.807) is 16.4 Å². The molecule has 3 heterocycles. The highest BCUT2D eigenvalue weighted by atomic mass is 32.2. The van der Waals surface area contributed by atoms with Crippen LogP contribution in [0.4, 0.5) is 0 Å². The first-order valence-electron chi connectivity index (χ1n) is 12.1. The zero-order valence-corrected chi connectivity index (χ0v) is 19.8. The predicted molar refractivity (Wildman–Crippen MR) is 127 cm³/mol. The third-order valence-corrected chi connectivity index (χ3v) is 8.58. The van der Waals surface area contributed by atoms with Gasteiger partial charge in [-0.15, -0.1) is 0 Å². The van der Waals surface area contributed by atoms with Crippen LogP contribution in [0.5, 0.6) is 0 Å². The van der Waals surface area contributed by atoms with Crippen LogP contribution in [0.1, 0.15) is 51.4 Å². The highest BCUT2D eigenvalue weighted by Gasteiger charge is 2.26. The molecule has 7 nitrogen and oxygen atoms in total. The van der Waals surface area contributed by atoms with Crippen molar-refractivity contribution >= 4 is 26.8 Å². The van der Waals surface area contributed by atoms with E-state index < -0.39 is 10.0 Å². The Hall–Kier alpha value is -1.90. The second-order valence-electron chi connectivity index (χ2n) is 9.09. The second-order valence-corrected chi connectivity index (χ2v) is 11.0. The van der Waals surface area contributed by atoms with Gasteiger partial charge in [0.2, 0.25) is 15.9 Å². The molecule has 176 valence electrons. The first-order chi connectivity index (χ1) is 15.5. The van der Waals surface area contributed by atoms with Gasteiger partial charge in [0.25, 0.3) is 0 Å². The molecule has 0 aliphatic carbocycles. The van der Waals surface area contributed by atoms with Crippen LogP contribution in [-0.2, 0) is 21.4 Å². The van der Waals surface area contributed by atoms with Gasteiger partial charge in [0, 0.05) is 36.7 Å². The molecule has 2 saturated heterocycles. The Kier molecular flexibility index (Phi) is 7.86. The maximum Gasteiger partial charge on any atom is 0.243 e. The maximum atomic E-state index is 12.9. The van der Waals surface area contributed by atoms with Gasteiger partial charge in [-0.1, -0.05) is 19.3 Å². The third kappa shape index (κ3) is 5.71. The average molecular weight is 461 g/mol. The predicted octanol–water partition coefficient (Wildman–Crippen LogP) is 3.20. The molecule has 0 atom stereocenters. The van der Waals surface area contributed by atoms with Crippen molar-refractivity contribution in [3.63, 3.8) is 0 Å². The number of piperidine rings is 1. The molecule has 0 saturated carbocycles. The van der Waals surface area contributed by atoms with Crippen molar-refractivity contribution < 1.29 is 13.2 Å². The summed E-state index contributed by atoms with van der Waals surface area (Å²) in [5, 5.41) is 3.87. The molecule has 0 bridgehead atoms. The molecule has 1 aromatic carbocycles. The number of hydrogen-bond donors (Lipinski definition) is 1. The van der Waals surface area contributed by atoms with Crippen LogP contribution in [0.2, 0.25) is 0 Å². The SMILES string of the molecule is O=C(Cn1ccc2cc(S(=O)(=O)N3CCCCC3)ccc21)NCCCN1CCCCCC1. The minimum Gasteiger partial charge on any atom is -0.355 e. The van der Waals surface area contributed by atoms with Gasteiger partial charge < -0.3 is 14.8 Å². The molecular formula is C24H36N4O3S. The van der Waals surface area contributed by atoms with Gasteiger partial charge in [0.15, 0.2) is 0 Å². The molecule has 2 aliphatic heterocycles. The zero-order chi connectivity index (χ0) is 22.4. The van der Waals surface area contributed by atoms with Crippen molar-refractivity contribution in [3.8, 4) is 0 Å². The molecule has 0 unspecified atom stereocenters. The van der Waals surface area contributed by atoms with Crippen LogP contribution in [0, 0.1) is 0 Å². The zero-order valence-electron chi connectivity index (χ0n) is 19.0. The number of likely N-dealkylation sites (tertiary alicyclic amines) is 1. The number of benzene rings is 1. The number of nitrogens with one attached hydrogen (secondary N) is 1. The lowest BCUT2D eigenvalue weighted by Gasteiger charge is -2.25. The van der Waals surface area contributed by atoms with E-state index in [2.05, 4.69) is 10.2 Å². The van der Waals surface area contributed by atoms with Crippen molar-refractivity contribution in [3.05, 3.63) is 30.5 Å². The van der Waals surface area contributed by atoms with Crippen LogP contribution >= 0.6 is 0 Å².